The zero-order chi connectivity index (χ0) is 8.39. The molecule has 0 unspecified atom stereocenters. The molecule has 0 bridgehead atoms. The maximum absolute atomic E-state index is 8.84. The first-order valence-corrected chi connectivity index (χ1v) is 5.10. The largest absolute Gasteiger partial charge is 0.396 e. The Hall–Kier alpha value is -0.470. The van der Waals surface area contributed by atoms with E-state index in [0.29, 0.717) is 17.8 Å². The van der Waals surface area contributed by atoms with Gasteiger partial charge >= 0.3 is 0 Å². The molecular formula is C10H12OS. The smallest absolute Gasteiger partial charge is 0.0470 e. The first-order chi connectivity index (χ1) is 5.90. The second-order valence-electron chi connectivity index (χ2n) is 3.15. The van der Waals surface area contributed by atoms with Crippen LogP contribution in [0.3, 0.4) is 0 Å². The molecular weight excluding hydrogens is 168 g/mol. The Morgan fingerprint density at radius 2 is 2.08 bits per heavy atom. The van der Waals surface area contributed by atoms with Gasteiger partial charge in [0.1, 0.15) is 0 Å². The van der Waals surface area contributed by atoms with E-state index < -0.39 is 0 Å². The highest BCUT2D eigenvalue weighted by Crippen LogP contribution is 2.44. The Kier molecular flexibility index (Phi) is 2.38. The monoisotopic (exact) mass is 180 g/mol. The van der Waals surface area contributed by atoms with Gasteiger partial charge in [0.15, 0.2) is 0 Å². The number of hydrogen-bond acceptors (Lipinski definition) is 2. The average Bonchev–Trinajstić information content (AvgIpc) is 2.85. The standard InChI is InChI=1S/C10H12OS/c11-7-8-6-10(8)12-9-4-2-1-3-5-9/h1-5,8,10-11H,6-7H2/t8-,10+/m0/s1. The van der Waals surface area contributed by atoms with Gasteiger partial charge in [-0.25, -0.2) is 0 Å². The molecule has 1 aromatic rings. The van der Waals surface area contributed by atoms with E-state index in [0.717, 1.165) is 0 Å². The van der Waals surface area contributed by atoms with Gasteiger partial charge in [-0.1, -0.05) is 18.2 Å². The summed E-state index contributed by atoms with van der Waals surface area (Å²) in [6, 6.07) is 10.4. The highest BCUT2D eigenvalue weighted by Gasteiger charge is 2.36. The molecule has 1 nitrogen and oxygen atoms in total. The second kappa shape index (κ2) is 3.50. The van der Waals surface area contributed by atoms with Crippen molar-refractivity contribution >= 4 is 11.8 Å². The van der Waals surface area contributed by atoms with Crippen LogP contribution in [0.25, 0.3) is 0 Å². The highest BCUT2D eigenvalue weighted by atomic mass is 32.2. The van der Waals surface area contributed by atoms with Crippen molar-refractivity contribution in [1.82, 2.24) is 0 Å². The van der Waals surface area contributed by atoms with Crippen molar-refractivity contribution in [2.24, 2.45) is 5.92 Å². The van der Waals surface area contributed by atoms with Crippen molar-refractivity contribution in [3.05, 3.63) is 30.3 Å². The summed E-state index contributed by atoms with van der Waals surface area (Å²) in [6.07, 6.45) is 1.18. The van der Waals surface area contributed by atoms with Crippen LogP contribution in [0.4, 0.5) is 0 Å². The van der Waals surface area contributed by atoms with Gasteiger partial charge in [0.05, 0.1) is 0 Å². The minimum Gasteiger partial charge on any atom is -0.396 e. The van der Waals surface area contributed by atoms with Crippen LogP contribution in [-0.4, -0.2) is 17.0 Å². The molecule has 0 heterocycles. The predicted molar refractivity (Wildman–Crippen MR) is 51.3 cm³/mol. The number of aliphatic hydroxyl groups is 1. The van der Waals surface area contributed by atoms with Crippen molar-refractivity contribution in [1.29, 1.82) is 0 Å². The summed E-state index contributed by atoms with van der Waals surface area (Å²) in [4.78, 5) is 1.32. The summed E-state index contributed by atoms with van der Waals surface area (Å²) >= 11 is 1.88. The maximum atomic E-state index is 8.84. The molecule has 1 aliphatic rings. The molecule has 0 radical (unpaired) electrons. The van der Waals surface area contributed by atoms with Crippen LogP contribution in [-0.2, 0) is 0 Å². The van der Waals surface area contributed by atoms with Crippen LogP contribution in [0.15, 0.2) is 35.2 Å². The lowest BCUT2D eigenvalue weighted by Crippen LogP contribution is -1.88. The van der Waals surface area contributed by atoms with Gasteiger partial charge in [0, 0.05) is 16.8 Å². The zero-order valence-electron chi connectivity index (χ0n) is 6.81. The molecule has 2 atom stereocenters. The number of benzene rings is 1. The molecule has 0 aliphatic heterocycles. The number of aliphatic hydroxyl groups excluding tert-OH is 1. The van der Waals surface area contributed by atoms with Crippen LogP contribution in [0.1, 0.15) is 6.42 Å². The normalized spacial score (nSPS) is 27.1. The third-order valence-electron chi connectivity index (χ3n) is 2.12. The van der Waals surface area contributed by atoms with Gasteiger partial charge in [-0.05, 0) is 24.5 Å². The average molecular weight is 180 g/mol. The molecule has 2 heteroatoms. The van der Waals surface area contributed by atoms with Gasteiger partial charge < -0.3 is 5.11 Å². The lowest BCUT2D eigenvalue weighted by Gasteiger charge is -1.97. The molecule has 0 spiro atoms. The van der Waals surface area contributed by atoms with Crippen LogP contribution >= 0.6 is 11.8 Å². The quantitative estimate of drug-likeness (QED) is 0.769. The van der Waals surface area contributed by atoms with Gasteiger partial charge in [0.2, 0.25) is 0 Å². The zero-order valence-corrected chi connectivity index (χ0v) is 7.63. The van der Waals surface area contributed by atoms with E-state index >= 15 is 0 Å². The molecule has 2 rings (SSSR count). The summed E-state index contributed by atoms with van der Waals surface area (Å²) in [5.41, 5.74) is 0. The molecule has 1 aromatic carbocycles. The molecule has 1 fully saturated rings. The fraction of sp³-hybridized carbons (Fsp3) is 0.400. The third kappa shape index (κ3) is 1.82. The van der Waals surface area contributed by atoms with E-state index in [-0.39, 0.29) is 0 Å². The number of rotatable bonds is 3. The topological polar surface area (TPSA) is 20.2 Å². The Labute approximate surface area is 76.8 Å². The molecule has 1 aliphatic carbocycles. The SMILES string of the molecule is OC[C@@H]1C[C@H]1Sc1ccccc1. The van der Waals surface area contributed by atoms with E-state index in [1.54, 1.807) is 0 Å². The number of hydrogen-bond donors (Lipinski definition) is 1. The molecule has 0 saturated heterocycles. The van der Waals surface area contributed by atoms with Gasteiger partial charge in [0.25, 0.3) is 0 Å². The van der Waals surface area contributed by atoms with Gasteiger partial charge in [-0.2, -0.15) is 0 Å². The lowest BCUT2D eigenvalue weighted by molar-refractivity contribution is 0.277. The van der Waals surface area contributed by atoms with Crippen molar-refractivity contribution in [2.75, 3.05) is 6.61 Å². The fourth-order valence-corrected chi connectivity index (χ4v) is 2.52. The van der Waals surface area contributed by atoms with E-state index in [1.165, 1.54) is 11.3 Å². The Morgan fingerprint density at radius 3 is 2.67 bits per heavy atom. The molecule has 64 valence electrons. The molecule has 12 heavy (non-hydrogen) atoms. The van der Waals surface area contributed by atoms with Crippen LogP contribution in [0.2, 0.25) is 0 Å². The van der Waals surface area contributed by atoms with E-state index in [1.807, 2.05) is 17.8 Å². The first kappa shape index (κ1) is 8.14. The summed E-state index contributed by atoms with van der Waals surface area (Å²) in [6.45, 7) is 0.352. The maximum Gasteiger partial charge on any atom is 0.0470 e. The van der Waals surface area contributed by atoms with Crippen LogP contribution < -0.4 is 0 Å². The molecule has 1 N–H and O–H groups in total. The Bertz CT molecular complexity index is 247. The third-order valence-corrected chi connectivity index (χ3v) is 3.55. The van der Waals surface area contributed by atoms with Crippen molar-refractivity contribution in [3.63, 3.8) is 0 Å². The summed E-state index contributed by atoms with van der Waals surface area (Å²) in [5.74, 6) is 0.551. The summed E-state index contributed by atoms with van der Waals surface area (Å²) in [7, 11) is 0. The predicted octanol–water partition coefficient (Wildman–Crippen LogP) is 2.16. The van der Waals surface area contributed by atoms with Crippen LogP contribution in [0.5, 0.6) is 0 Å². The van der Waals surface area contributed by atoms with Crippen molar-refractivity contribution in [2.45, 2.75) is 16.6 Å². The van der Waals surface area contributed by atoms with Crippen molar-refractivity contribution < 1.29 is 5.11 Å². The molecule has 1 saturated carbocycles. The Morgan fingerprint density at radius 1 is 1.33 bits per heavy atom. The molecule has 0 amide bonds. The van der Waals surface area contributed by atoms with Crippen LogP contribution in [0, 0.1) is 5.92 Å². The minimum absolute atomic E-state index is 0.352. The summed E-state index contributed by atoms with van der Waals surface area (Å²) in [5, 5.41) is 9.51. The highest BCUT2D eigenvalue weighted by molar-refractivity contribution is 8.00. The van der Waals surface area contributed by atoms with E-state index in [2.05, 4.69) is 24.3 Å². The van der Waals surface area contributed by atoms with Gasteiger partial charge in [-0.15, -0.1) is 11.8 Å². The second-order valence-corrected chi connectivity index (χ2v) is 4.46. The fourth-order valence-electron chi connectivity index (χ4n) is 1.23. The Balaban J connectivity index is 1.89. The van der Waals surface area contributed by atoms with Gasteiger partial charge in [-0.3, -0.25) is 0 Å². The number of thioether (sulfide) groups is 1. The van der Waals surface area contributed by atoms with E-state index in [9.17, 15) is 0 Å². The lowest BCUT2D eigenvalue weighted by atomic mass is 10.4. The van der Waals surface area contributed by atoms with E-state index in [4.69, 9.17) is 5.11 Å². The minimum atomic E-state index is 0.352. The first-order valence-electron chi connectivity index (χ1n) is 4.22. The molecule has 0 aromatic heterocycles. The van der Waals surface area contributed by atoms with Crippen molar-refractivity contribution in [3.8, 4) is 0 Å². The summed E-state index contributed by atoms with van der Waals surface area (Å²) < 4.78 is 0.